The van der Waals surface area contributed by atoms with Gasteiger partial charge in [0.1, 0.15) is 13.2 Å². The second-order valence-corrected chi connectivity index (χ2v) is 6.64. The second kappa shape index (κ2) is 6.69. The summed E-state index contributed by atoms with van der Waals surface area (Å²) in [5.74, 6) is 0. The average molecular weight is 306 g/mol. The zero-order chi connectivity index (χ0) is 15.3. The summed E-state index contributed by atoms with van der Waals surface area (Å²) in [5, 5.41) is 6.20. The maximum atomic E-state index is 11.8. The summed E-state index contributed by atoms with van der Waals surface area (Å²) >= 11 is 1.65. The Morgan fingerprint density at radius 2 is 2.19 bits per heavy atom. The minimum atomic E-state index is -0.445. The zero-order valence-electron chi connectivity index (χ0n) is 12.5. The molecule has 2 heterocycles. The summed E-state index contributed by atoms with van der Waals surface area (Å²) in [5.41, 5.74) is 0.729. The Bertz CT molecular complexity index is 609. The zero-order valence-corrected chi connectivity index (χ0v) is 13.3. The molecule has 0 fully saturated rings. The van der Waals surface area contributed by atoms with Gasteiger partial charge in [-0.2, -0.15) is 9.78 Å². The molecule has 0 atom stereocenters. The highest BCUT2D eigenvalue weighted by Crippen LogP contribution is 2.12. The molecular formula is C15H20N3O2S+. The van der Waals surface area contributed by atoms with Gasteiger partial charge in [0, 0.05) is 11.1 Å². The van der Waals surface area contributed by atoms with Gasteiger partial charge in [0.05, 0.1) is 26.8 Å². The fraction of sp³-hybridized carbons (Fsp3) is 0.333. The lowest BCUT2D eigenvalue weighted by Gasteiger charge is -2.23. The summed E-state index contributed by atoms with van der Waals surface area (Å²) in [7, 11) is 6.15. The Hall–Kier alpha value is -1.92. The molecule has 6 heteroatoms. The first-order valence-electron chi connectivity index (χ1n) is 6.69. The summed E-state index contributed by atoms with van der Waals surface area (Å²) in [4.78, 5) is 13.0. The van der Waals surface area contributed by atoms with Gasteiger partial charge in [0.25, 0.3) is 0 Å². The van der Waals surface area contributed by atoms with E-state index < -0.39 is 6.09 Å². The highest BCUT2D eigenvalue weighted by atomic mass is 32.1. The molecule has 5 nitrogen and oxygen atoms in total. The Balaban J connectivity index is 1.89. The van der Waals surface area contributed by atoms with Gasteiger partial charge in [0.15, 0.2) is 0 Å². The van der Waals surface area contributed by atoms with E-state index in [1.807, 2.05) is 29.7 Å². The molecule has 0 spiro atoms. The summed E-state index contributed by atoms with van der Waals surface area (Å²) in [6.07, 6.45) is 5.02. The van der Waals surface area contributed by atoms with Crippen molar-refractivity contribution >= 4 is 29.6 Å². The molecule has 0 unspecified atom stereocenters. The van der Waals surface area contributed by atoms with E-state index in [2.05, 4.69) is 26.2 Å². The Labute approximate surface area is 128 Å². The quantitative estimate of drug-likeness (QED) is 0.798. The fourth-order valence-electron chi connectivity index (χ4n) is 1.56. The fourth-order valence-corrected chi connectivity index (χ4v) is 2.17. The monoisotopic (exact) mass is 306 g/mol. The lowest BCUT2D eigenvalue weighted by atomic mass is 10.3. The van der Waals surface area contributed by atoms with E-state index in [9.17, 15) is 4.79 Å². The number of hydrogen-bond donors (Lipinski definition) is 0. The van der Waals surface area contributed by atoms with Gasteiger partial charge < -0.3 is 9.22 Å². The molecule has 0 aliphatic carbocycles. The lowest BCUT2D eigenvalue weighted by molar-refractivity contribution is -0.870. The predicted molar refractivity (Wildman–Crippen MR) is 85.1 cm³/mol. The number of ether oxygens (including phenoxy) is 1. The van der Waals surface area contributed by atoms with Gasteiger partial charge in [0.2, 0.25) is 0 Å². The van der Waals surface area contributed by atoms with Crippen LogP contribution in [-0.4, -0.2) is 54.7 Å². The summed E-state index contributed by atoms with van der Waals surface area (Å²) in [6, 6.07) is 5.80. The molecule has 0 saturated carbocycles. The number of quaternary nitrogens is 1. The minimum Gasteiger partial charge on any atom is -0.442 e. The van der Waals surface area contributed by atoms with Crippen LogP contribution in [0.15, 0.2) is 29.8 Å². The number of carbonyl (C=O) groups is 1. The molecule has 2 aromatic rings. The van der Waals surface area contributed by atoms with Crippen LogP contribution >= 0.6 is 11.3 Å². The van der Waals surface area contributed by atoms with Crippen LogP contribution in [0, 0.1) is 0 Å². The van der Waals surface area contributed by atoms with Gasteiger partial charge in [-0.25, -0.2) is 4.79 Å². The van der Waals surface area contributed by atoms with E-state index in [-0.39, 0.29) is 0 Å². The third kappa shape index (κ3) is 5.17. The van der Waals surface area contributed by atoms with Gasteiger partial charge in [-0.3, -0.25) is 0 Å². The third-order valence-corrected chi connectivity index (χ3v) is 3.58. The molecular weight excluding hydrogens is 286 g/mol. The molecule has 112 valence electrons. The SMILES string of the molecule is C[N+](C)(C)CCOC(=O)n1ccc(/C=C/c2cccs2)n1. The molecule has 2 rings (SSSR count). The van der Waals surface area contributed by atoms with Crippen LogP contribution in [0.2, 0.25) is 0 Å². The molecule has 2 aromatic heterocycles. The van der Waals surface area contributed by atoms with Gasteiger partial charge in [-0.05, 0) is 29.7 Å². The number of aromatic nitrogens is 2. The van der Waals surface area contributed by atoms with Crippen molar-refractivity contribution in [2.75, 3.05) is 34.3 Å². The highest BCUT2D eigenvalue weighted by Gasteiger charge is 2.11. The third-order valence-electron chi connectivity index (χ3n) is 2.75. The van der Waals surface area contributed by atoms with E-state index in [0.717, 1.165) is 21.6 Å². The Kier molecular flexibility index (Phi) is 4.93. The van der Waals surface area contributed by atoms with Crippen molar-refractivity contribution in [3.05, 3.63) is 40.3 Å². The summed E-state index contributed by atoms with van der Waals surface area (Å²) < 4.78 is 7.17. The lowest BCUT2D eigenvalue weighted by Crippen LogP contribution is -2.38. The first kappa shape index (κ1) is 15.5. The van der Waals surface area contributed by atoms with Gasteiger partial charge >= 0.3 is 6.09 Å². The number of thiophene rings is 1. The van der Waals surface area contributed by atoms with Crippen molar-refractivity contribution in [2.45, 2.75) is 0 Å². The molecule has 0 aliphatic rings. The number of rotatable bonds is 5. The molecule has 0 aliphatic heterocycles. The van der Waals surface area contributed by atoms with Crippen LogP contribution in [0.3, 0.4) is 0 Å². The molecule has 21 heavy (non-hydrogen) atoms. The van der Waals surface area contributed by atoms with Crippen LogP contribution in [0.1, 0.15) is 10.6 Å². The van der Waals surface area contributed by atoms with Crippen LogP contribution < -0.4 is 0 Å². The van der Waals surface area contributed by atoms with E-state index in [1.54, 1.807) is 23.6 Å². The largest absolute Gasteiger partial charge is 0.442 e. The van der Waals surface area contributed by atoms with Crippen molar-refractivity contribution < 1.29 is 14.0 Å². The van der Waals surface area contributed by atoms with E-state index in [4.69, 9.17) is 4.74 Å². The normalized spacial score (nSPS) is 12.0. The first-order chi connectivity index (χ1) is 9.94. The topological polar surface area (TPSA) is 44.1 Å². The number of nitrogens with zero attached hydrogens (tertiary/aromatic N) is 3. The number of carbonyl (C=O) groups excluding carboxylic acids is 1. The Morgan fingerprint density at radius 1 is 1.38 bits per heavy atom. The van der Waals surface area contributed by atoms with Crippen LogP contribution in [-0.2, 0) is 4.74 Å². The van der Waals surface area contributed by atoms with E-state index in [1.165, 1.54) is 4.68 Å². The number of likely N-dealkylation sites (N-methyl/N-ethyl adjacent to an activating group) is 1. The van der Waals surface area contributed by atoms with Crippen molar-refractivity contribution in [3.8, 4) is 0 Å². The van der Waals surface area contributed by atoms with Crippen LogP contribution in [0.4, 0.5) is 4.79 Å². The molecule has 0 bridgehead atoms. The van der Waals surface area contributed by atoms with Crippen molar-refractivity contribution in [1.29, 1.82) is 0 Å². The maximum absolute atomic E-state index is 11.8. The average Bonchev–Trinajstić information content (AvgIpc) is 3.06. The molecule has 0 aromatic carbocycles. The number of hydrogen-bond acceptors (Lipinski definition) is 4. The van der Waals surface area contributed by atoms with E-state index in [0.29, 0.717) is 6.61 Å². The smallest absolute Gasteiger partial charge is 0.434 e. The van der Waals surface area contributed by atoms with Crippen molar-refractivity contribution in [3.63, 3.8) is 0 Å². The molecule has 0 radical (unpaired) electrons. The predicted octanol–water partition coefficient (Wildman–Crippen LogP) is 2.81. The van der Waals surface area contributed by atoms with Crippen LogP contribution in [0.5, 0.6) is 0 Å². The van der Waals surface area contributed by atoms with Crippen LogP contribution in [0.25, 0.3) is 12.2 Å². The van der Waals surface area contributed by atoms with Crippen molar-refractivity contribution in [2.24, 2.45) is 0 Å². The molecule has 0 N–H and O–H groups in total. The molecule has 0 saturated heterocycles. The Morgan fingerprint density at radius 3 is 2.86 bits per heavy atom. The van der Waals surface area contributed by atoms with Gasteiger partial charge in [-0.15, -0.1) is 11.3 Å². The van der Waals surface area contributed by atoms with Crippen molar-refractivity contribution in [1.82, 2.24) is 9.78 Å². The first-order valence-corrected chi connectivity index (χ1v) is 7.57. The highest BCUT2D eigenvalue weighted by molar-refractivity contribution is 7.10. The van der Waals surface area contributed by atoms with Gasteiger partial charge in [-0.1, -0.05) is 6.07 Å². The second-order valence-electron chi connectivity index (χ2n) is 5.66. The minimum absolute atomic E-state index is 0.378. The summed E-state index contributed by atoms with van der Waals surface area (Å²) in [6.45, 7) is 1.14. The standard InChI is InChI=1S/C15H20N3O2S/c1-18(2,3)10-11-20-15(19)17-9-8-13(16-17)6-7-14-5-4-12-21-14/h4-9,12H,10-11H2,1-3H3/q+1/b7-6+. The molecule has 0 amide bonds. The van der Waals surface area contributed by atoms with E-state index >= 15 is 0 Å². The maximum Gasteiger partial charge on any atom is 0.434 e.